The molecule has 144 valence electrons. The maximum atomic E-state index is 12.6. The number of hydrogen-bond donors (Lipinski definition) is 1. The fraction of sp³-hybridized carbons (Fsp3) is 0.263. The molecule has 0 aliphatic carbocycles. The molecule has 0 atom stereocenters. The zero-order valence-electron chi connectivity index (χ0n) is 14.5. The lowest BCUT2D eigenvalue weighted by Crippen LogP contribution is -2.38. The van der Waals surface area contributed by atoms with Crippen molar-refractivity contribution in [2.24, 2.45) is 0 Å². The van der Waals surface area contributed by atoms with Gasteiger partial charge in [0.2, 0.25) is 11.8 Å². The van der Waals surface area contributed by atoms with Gasteiger partial charge < -0.3 is 10.2 Å². The van der Waals surface area contributed by atoms with Crippen molar-refractivity contribution in [1.29, 1.82) is 0 Å². The van der Waals surface area contributed by atoms with E-state index in [1.54, 1.807) is 24.3 Å². The summed E-state index contributed by atoms with van der Waals surface area (Å²) in [6.45, 7) is 1.63. The number of amides is 2. The number of nitrogens with one attached hydrogen (secondary N) is 1. The number of halogens is 4. The van der Waals surface area contributed by atoms with Crippen molar-refractivity contribution >= 4 is 29.1 Å². The van der Waals surface area contributed by atoms with Crippen LogP contribution in [-0.2, 0) is 22.2 Å². The number of anilines is 1. The van der Waals surface area contributed by atoms with Crippen LogP contribution in [0.1, 0.15) is 18.1 Å². The van der Waals surface area contributed by atoms with Crippen molar-refractivity contribution in [1.82, 2.24) is 5.32 Å². The second-order valence-corrected chi connectivity index (χ2v) is 6.30. The van der Waals surface area contributed by atoms with Gasteiger partial charge in [-0.25, -0.2) is 0 Å². The van der Waals surface area contributed by atoms with E-state index in [0.29, 0.717) is 10.7 Å². The van der Waals surface area contributed by atoms with Crippen molar-refractivity contribution < 1.29 is 22.8 Å². The minimum absolute atomic E-state index is 0.146. The molecular weight excluding hydrogens is 381 g/mol. The summed E-state index contributed by atoms with van der Waals surface area (Å²) in [6.07, 6.45) is -4.27. The Morgan fingerprint density at radius 1 is 1.04 bits per heavy atom. The van der Waals surface area contributed by atoms with E-state index in [9.17, 15) is 22.8 Å². The van der Waals surface area contributed by atoms with Crippen LogP contribution >= 0.6 is 11.6 Å². The molecule has 2 rings (SSSR count). The van der Waals surface area contributed by atoms with E-state index in [1.807, 2.05) is 0 Å². The van der Waals surface area contributed by atoms with E-state index >= 15 is 0 Å². The van der Waals surface area contributed by atoms with Crippen molar-refractivity contribution in [2.75, 3.05) is 18.0 Å². The molecule has 0 unspecified atom stereocenters. The first-order valence-corrected chi connectivity index (χ1v) is 8.51. The van der Waals surface area contributed by atoms with Gasteiger partial charge in [-0.1, -0.05) is 23.7 Å². The number of carbonyl (C=O) groups excluding carboxylic acids is 2. The topological polar surface area (TPSA) is 49.4 Å². The van der Waals surface area contributed by atoms with Gasteiger partial charge in [0.15, 0.2) is 0 Å². The highest BCUT2D eigenvalue weighted by Gasteiger charge is 2.30. The van der Waals surface area contributed by atoms with Crippen molar-refractivity contribution in [2.45, 2.75) is 19.5 Å². The second kappa shape index (κ2) is 8.90. The van der Waals surface area contributed by atoms with Crippen molar-refractivity contribution in [3.05, 3.63) is 64.7 Å². The number of rotatable bonds is 6. The maximum absolute atomic E-state index is 12.6. The summed E-state index contributed by atoms with van der Waals surface area (Å²) < 4.78 is 37.9. The Morgan fingerprint density at radius 2 is 1.63 bits per heavy atom. The molecule has 4 nitrogen and oxygen atoms in total. The summed E-state index contributed by atoms with van der Waals surface area (Å²) >= 11 is 5.79. The number of hydrogen-bond acceptors (Lipinski definition) is 2. The number of carbonyl (C=O) groups is 2. The predicted molar refractivity (Wildman–Crippen MR) is 97.6 cm³/mol. The molecule has 0 aromatic heterocycles. The molecule has 2 aromatic carbocycles. The normalized spacial score (nSPS) is 11.1. The molecule has 0 bridgehead atoms. The Bertz CT molecular complexity index is 790. The zero-order chi connectivity index (χ0) is 20.0. The number of nitrogens with zero attached hydrogens (tertiary/aromatic N) is 1. The molecule has 2 amide bonds. The lowest BCUT2D eigenvalue weighted by molar-refractivity contribution is -0.137. The molecule has 0 aliphatic heterocycles. The predicted octanol–water partition coefficient (Wildman–Crippen LogP) is 4.07. The average Bonchev–Trinajstić information content (AvgIpc) is 2.60. The molecule has 0 spiro atoms. The van der Waals surface area contributed by atoms with Gasteiger partial charge in [-0.15, -0.1) is 0 Å². The molecule has 1 N–H and O–H groups in total. The van der Waals surface area contributed by atoms with E-state index in [0.717, 1.165) is 17.7 Å². The molecule has 0 heterocycles. The van der Waals surface area contributed by atoms with Gasteiger partial charge >= 0.3 is 6.18 Å². The van der Waals surface area contributed by atoms with Crippen LogP contribution in [0.15, 0.2) is 48.5 Å². The third kappa shape index (κ3) is 6.29. The quantitative estimate of drug-likeness (QED) is 0.797. The van der Waals surface area contributed by atoms with Gasteiger partial charge in [-0.05, 0) is 42.0 Å². The lowest BCUT2D eigenvalue weighted by Gasteiger charge is -2.22. The van der Waals surface area contributed by atoms with E-state index < -0.39 is 11.7 Å². The van der Waals surface area contributed by atoms with Crippen LogP contribution in [0.25, 0.3) is 0 Å². The fourth-order valence-electron chi connectivity index (χ4n) is 2.46. The van der Waals surface area contributed by atoms with E-state index in [-0.39, 0.29) is 31.3 Å². The monoisotopic (exact) mass is 398 g/mol. The summed E-state index contributed by atoms with van der Waals surface area (Å²) in [5.74, 6) is -0.560. The van der Waals surface area contributed by atoms with Gasteiger partial charge in [0, 0.05) is 30.7 Å². The third-order valence-electron chi connectivity index (χ3n) is 3.82. The minimum atomic E-state index is -4.44. The molecule has 0 radical (unpaired) electrons. The smallest absolute Gasteiger partial charge is 0.354 e. The van der Waals surface area contributed by atoms with Crippen molar-refractivity contribution in [3.8, 4) is 0 Å². The molecular formula is C19H18ClF3N2O2. The Kier molecular flexibility index (Phi) is 6.85. The molecule has 8 heteroatoms. The number of alkyl halides is 3. The largest absolute Gasteiger partial charge is 0.416 e. The van der Waals surface area contributed by atoms with Crippen LogP contribution in [0.2, 0.25) is 5.02 Å². The summed E-state index contributed by atoms with van der Waals surface area (Å²) in [7, 11) is 0. The average molecular weight is 399 g/mol. The summed E-state index contributed by atoms with van der Waals surface area (Å²) in [6, 6.07) is 11.2. The van der Waals surface area contributed by atoms with E-state index in [2.05, 4.69) is 5.32 Å². The third-order valence-corrected chi connectivity index (χ3v) is 4.07. The SMILES string of the molecule is CC(=O)N(CCNC(=O)Cc1ccc(Cl)cc1)c1ccc(C(F)(F)F)cc1. The highest BCUT2D eigenvalue weighted by molar-refractivity contribution is 6.30. The summed E-state index contributed by atoms with van der Waals surface area (Å²) in [4.78, 5) is 25.1. The molecule has 0 saturated carbocycles. The van der Waals surface area contributed by atoms with E-state index in [1.165, 1.54) is 24.0 Å². The Morgan fingerprint density at radius 3 is 2.15 bits per heavy atom. The van der Waals surface area contributed by atoms with Crippen molar-refractivity contribution in [3.63, 3.8) is 0 Å². The molecule has 0 fully saturated rings. The van der Waals surface area contributed by atoms with Crippen LogP contribution in [0.3, 0.4) is 0 Å². The van der Waals surface area contributed by atoms with Gasteiger partial charge in [0.05, 0.1) is 12.0 Å². The number of benzene rings is 2. The highest BCUT2D eigenvalue weighted by atomic mass is 35.5. The maximum Gasteiger partial charge on any atom is 0.416 e. The first kappa shape index (κ1) is 20.8. The zero-order valence-corrected chi connectivity index (χ0v) is 15.3. The first-order chi connectivity index (χ1) is 12.7. The molecule has 0 aliphatic rings. The van der Waals surface area contributed by atoms with Gasteiger partial charge in [0.25, 0.3) is 0 Å². The van der Waals surface area contributed by atoms with E-state index in [4.69, 9.17) is 11.6 Å². The molecule has 2 aromatic rings. The first-order valence-electron chi connectivity index (χ1n) is 8.13. The van der Waals surface area contributed by atoms with Gasteiger partial charge in [0.1, 0.15) is 0 Å². The van der Waals surface area contributed by atoms with Crippen LogP contribution in [0, 0.1) is 0 Å². The van der Waals surface area contributed by atoms with Crippen LogP contribution < -0.4 is 10.2 Å². The van der Waals surface area contributed by atoms with Crippen LogP contribution in [0.4, 0.5) is 18.9 Å². The fourth-order valence-corrected chi connectivity index (χ4v) is 2.58. The van der Waals surface area contributed by atoms with Gasteiger partial charge in [-0.3, -0.25) is 9.59 Å². The lowest BCUT2D eigenvalue weighted by atomic mass is 10.1. The van der Waals surface area contributed by atoms with Crippen LogP contribution in [0.5, 0.6) is 0 Å². The molecule has 0 saturated heterocycles. The highest BCUT2D eigenvalue weighted by Crippen LogP contribution is 2.30. The Labute approximate surface area is 159 Å². The second-order valence-electron chi connectivity index (χ2n) is 5.87. The Balaban J connectivity index is 1.91. The van der Waals surface area contributed by atoms with Crippen LogP contribution in [-0.4, -0.2) is 24.9 Å². The Hall–Kier alpha value is -2.54. The standard InChI is InChI=1S/C19H18ClF3N2O2/c1-13(26)25(17-8-4-15(5-9-17)19(21,22)23)11-10-24-18(27)12-14-2-6-16(20)7-3-14/h2-9H,10-12H2,1H3,(H,24,27). The summed E-state index contributed by atoms with van der Waals surface area (Å²) in [5.41, 5.74) is 0.344. The molecule has 27 heavy (non-hydrogen) atoms. The summed E-state index contributed by atoms with van der Waals surface area (Å²) in [5, 5.41) is 3.27. The minimum Gasteiger partial charge on any atom is -0.354 e. The van der Waals surface area contributed by atoms with Gasteiger partial charge in [-0.2, -0.15) is 13.2 Å².